The molecule has 1 saturated carbocycles. The zero-order chi connectivity index (χ0) is 10.8. The smallest absolute Gasteiger partial charge is 0.133 e. The molecule has 0 aliphatic heterocycles. The van der Waals surface area contributed by atoms with Gasteiger partial charge < -0.3 is 0 Å². The molecular formula is C13H24O. The van der Waals surface area contributed by atoms with E-state index in [0.29, 0.717) is 11.7 Å². The normalized spacial score (nSPS) is 19.4. The molecule has 0 bridgehead atoms. The molecule has 1 atom stereocenters. The second kappa shape index (κ2) is 4.46. The molecule has 82 valence electrons. The fourth-order valence-corrected chi connectivity index (χ4v) is 1.52. The van der Waals surface area contributed by atoms with Gasteiger partial charge in [-0.15, -0.1) is 0 Å². The van der Waals surface area contributed by atoms with Gasteiger partial charge in [-0.1, -0.05) is 40.5 Å². The van der Waals surface area contributed by atoms with Crippen molar-refractivity contribution in [3.63, 3.8) is 0 Å². The van der Waals surface area contributed by atoms with Crippen molar-refractivity contribution in [1.29, 1.82) is 0 Å². The van der Waals surface area contributed by atoms with Crippen molar-refractivity contribution in [2.75, 3.05) is 0 Å². The van der Waals surface area contributed by atoms with Crippen LogP contribution in [0.1, 0.15) is 59.8 Å². The highest BCUT2D eigenvalue weighted by atomic mass is 16.1. The van der Waals surface area contributed by atoms with Crippen molar-refractivity contribution in [2.45, 2.75) is 59.8 Å². The van der Waals surface area contributed by atoms with Crippen molar-refractivity contribution in [3.8, 4) is 0 Å². The molecule has 0 spiro atoms. The minimum absolute atomic E-state index is 0.273. The third-order valence-corrected chi connectivity index (χ3v) is 3.54. The average molecular weight is 196 g/mol. The number of ketones is 1. The number of carbonyl (C=O) groups is 1. The topological polar surface area (TPSA) is 17.1 Å². The first-order valence-electron chi connectivity index (χ1n) is 5.91. The van der Waals surface area contributed by atoms with Gasteiger partial charge in [-0.25, -0.2) is 0 Å². The Balaban J connectivity index is 2.18. The lowest BCUT2D eigenvalue weighted by Gasteiger charge is -2.26. The number of Topliss-reactive ketones (excluding diaryl/α,β-unsaturated/α-hetero) is 1. The fraction of sp³-hybridized carbons (Fsp3) is 0.923. The van der Waals surface area contributed by atoms with E-state index in [0.717, 1.165) is 25.2 Å². The van der Waals surface area contributed by atoms with E-state index in [4.69, 9.17) is 0 Å². The summed E-state index contributed by atoms with van der Waals surface area (Å²) in [4.78, 5) is 11.6. The van der Waals surface area contributed by atoms with Crippen molar-refractivity contribution in [2.24, 2.45) is 17.3 Å². The van der Waals surface area contributed by atoms with Gasteiger partial charge in [-0.3, -0.25) is 4.79 Å². The molecule has 0 heterocycles. The Morgan fingerprint density at radius 1 is 1.36 bits per heavy atom. The maximum absolute atomic E-state index is 11.6. The van der Waals surface area contributed by atoms with E-state index in [2.05, 4.69) is 27.7 Å². The van der Waals surface area contributed by atoms with E-state index in [1.54, 1.807) is 0 Å². The molecule has 0 N–H and O–H groups in total. The standard InChI is InChI=1S/C13H24O/c1-10(13(2,3)4)9-12(14)8-7-11-5-6-11/h10-11H,5-9H2,1-4H3. The molecule has 1 aliphatic carbocycles. The summed E-state index contributed by atoms with van der Waals surface area (Å²) >= 11 is 0. The molecule has 0 aromatic rings. The molecule has 0 aromatic heterocycles. The minimum Gasteiger partial charge on any atom is -0.300 e. The molecule has 1 rings (SSSR count). The van der Waals surface area contributed by atoms with Gasteiger partial charge >= 0.3 is 0 Å². The van der Waals surface area contributed by atoms with Crippen LogP contribution in [0.25, 0.3) is 0 Å². The number of hydrogen-bond donors (Lipinski definition) is 0. The van der Waals surface area contributed by atoms with Crippen molar-refractivity contribution >= 4 is 5.78 Å². The van der Waals surface area contributed by atoms with Gasteiger partial charge in [0.15, 0.2) is 0 Å². The molecular weight excluding hydrogens is 172 g/mol. The van der Waals surface area contributed by atoms with Crippen LogP contribution in [0.15, 0.2) is 0 Å². The lowest BCUT2D eigenvalue weighted by Crippen LogP contribution is -2.20. The molecule has 0 amide bonds. The summed E-state index contributed by atoms with van der Waals surface area (Å²) < 4.78 is 0. The Kier molecular flexibility index (Phi) is 3.74. The summed E-state index contributed by atoms with van der Waals surface area (Å²) in [6.45, 7) is 8.83. The molecule has 1 nitrogen and oxygen atoms in total. The van der Waals surface area contributed by atoms with Crippen LogP contribution >= 0.6 is 0 Å². The van der Waals surface area contributed by atoms with Gasteiger partial charge in [0.05, 0.1) is 0 Å². The van der Waals surface area contributed by atoms with E-state index in [9.17, 15) is 4.79 Å². The highest BCUT2D eigenvalue weighted by molar-refractivity contribution is 5.78. The Bertz CT molecular complexity index is 196. The number of rotatable bonds is 5. The molecule has 1 aliphatic rings. The van der Waals surface area contributed by atoms with Gasteiger partial charge in [0.1, 0.15) is 5.78 Å². The van der Waals surface area contributed by atoms with Crippen LogP contribution < -0.4 is 0 Å². The number of hydrogen-bond acceptors (Lipinski definition) is 1. The van der Waals surface area contributed by atoms with Crippen LogP contribution in [-0.4, -0.2) is 5.78 Å². The molecule has 0 saturated heterocycles. The quantitative estimate of drug-likeness (QED) is 0.653. The SMILES string of the molecule is CC(CC(=O)CCC1CC1)C(C)(C)C. The van der Waals surface area contributed by atoms with Crippen molar-refractivity contribution < 1.29 is 4.79 Å². The zero-order valence-electron chi connectivity index (χ0n) is 10.1. The first kappa shape index (κ1) is 11.7. The predicted molar refractivity (Wildman–Crippen MR) is 60.2 cm³/mol. The number of carbonyl (C=O) groups excluding carboxylic acids is 1. The summed E-state index contributed by atoms with van der Waals surface area (Å²) in [6, 6.07) is 0. The summed E-state index contributed by atoms with van der Waals surface area (Å²) in [5.41, 5.74) is 0.273. The largest absolute Gasteiger partial charge is 0.300 e. The van der Waals surface area contributed by atoms with Crippen molar-refractivity contribution in [1.82, 2.24) is 0 Å². The lowest BCUT2D eigenvalue weighted by molar-refractivity contribution is -0.120. The molecule has 0 aromatic carbocycles. The predicted octanol–water partition coefficient (Wildman–Crippen LogP) is 3.82. The average Bonchev–Trinajstić information content (AvgIpc) is 2.81. The summed E-state index contributed by atoms with van der Waals surface area (Å²) in [5.74, 6) is 1.87. The lowest BCUT2D eigenvalue weighted by atomic mass is 9.79. The summed E-state index contributed by atoms with van der Waals surface area (Å²) in [5, 5.41) is 0. The third-order valence-electron chi connectivity index (χ3n) is 3.54. The highest BCUT2D eigenvalue weighted by Gasteiger charge is 2.25. The molecule has 14 heavy (non-hydrogen) atoms. The molecule has 1 fully saturated rings. The van der Waals surface area contributed by atoms with Gasteiger partial charge in [0.25, 0.3) is 0 Å². The second-order valence-electron chi connectivity index (χ2n) is 5.99. The zero-order valence-corrected chi connectivity index (χ0v) is 10.1. The van der Waals surface area contributed by atoms with Crippen LogP contribution in [0, 0.1) is 17.3 Å². The van der Waals surface area contributed by atoms with Crippen LogP contribution in [0.4, 0.5) is 0 Å². The van der Waals surface area contributed by atoms with Crippen LogP contribution in [-0.2, 0) is 4.79 Å². The highest BCUT2D eigenvalue weighted by Crippen LogP contribution is 2.34. The minimum atomic E-state index is 0.273. The van der Waals surface area contributed by atoms with Crippen LogP contribution in [0.3, 0.4) is 0 Å². The first-order valence-corrected chi connectivity index (χ1v) is 5.91. The van der Waals surface area contributed by atoms with Gasteiger partial charge in [0, 0.05) is 12.8 Å². The summed E-state index contributed by atoms with van der Waals surface area (Å²) in [6.07, 6.45) is 5.47. The fourth-order valence-electron chi connectivity index (χ4n) is 1.52. The molecule has 1 unspecified atom stereocenters. The Labute approximate surface area is 88.3 Å². The molecule has 1 heteroatoms. The van der Waals surface area contributed by atoms with Crippen LogP contribution in [0.5, 0.6) is 0 Å². The second-order valence-corrected chi connectivity index (χ2v) is 5.99. The van der Waals surface area contributed by atoms with E-state index in [-0.39, 0.29) is 5.41 Å². The molecule has 0 radical (unpaired) electrons. The first-order chi connectivity index (χ1) is 6.39. The van der Waals surface area contributed by atoms with Gasteiger partial charge in [0.2, 0.25) is 0 Å². The van der Waals surface area contributed by atoms with Crippen LogP contribution in [0.2, 0.25) is 0 Å². The summed E-state index contributed by atoms with van der Waals surface area (Å²) in [7, 11) is 0. The van der Waals surface area contributed by atoms with E-state index < -0.39 is 0 Å². The maximum Gasteiger partial charge on any atom is 0.133 e. The van der Waals surface area contributed by atoms with Gasteiger partial charge in [-0.05, 0) is 23.7 Å². The van der Waals surface area contributed by atoms with E-state index in [1.165, 1.54) is 12.8 Å². The Morgan fingerprint density at radius 3 is 2.36 bits per heavy atom. The third kappa shape index (κ3) is 4.26. The Hall–Kier alpha value is -0.330. The van der Waals surface area contributed by atoms with Gasteiger partial charge in [-0.2, -0.15) is 0 Å². The van der Waals surface area contributed by atoms with E-state index in [1.807, 2.05) is 0 Å². The van der Waals surface area contributed by atoms with Crippen molar-refractivity contribution in [3.05, 3.63) is 0 Å². The van der Waals surface area contributed by atoms with E-state index >= 15 is 0 Å². The monoisotopic (exact) mass is 196 g/mol. The Morgan fingerprint density at radius 2 is 1.93 bits per heavy atom. The maximum atomic E-state index is 11.6.